The molecule has 1 aromatic carbocycles. The van der Waals surface area contributed by atoms with Gasteiger partial charge in [-0.1, -0.05) is 6.07 Å². The molecular formula is C9H11FN2O2. The lowest BCUT2D eigenvalue weighted by atomic mass is 10.1. The number of hydrogen-bond acceptors (Lipinski definition) is 3. The van der Waals surface area contributed by atoms with E-state index in [1.165, 1.54) is 18.2 Å². The number of anilines is 1. The van der Waals surface area contributed by atoms with Gasteiger partial charge < -0.3 is 16.2 Å². The Morgan fingerprint density at radius 2 is 2.29 bits per heavy atom. The van der Waals surface area contributed by atoms with Crippen LogP contribution in [-0.4, -0.2) is 24.2 Å². The average Bonchev–Trinajstić information content (AvgIpc) is 2.18. The standard InChI is InChI=1S/C9H11FN2O2/c10-7-3-1-2-6(8(7)11)9(14)12-4-5-13/h1-3,13H,4-5,11H2,(H,12,14). The van der Waals surface area contributed by atoms with Crippen molar-refractivity contribution < 1.29 is 14.3 Å². The highest BCUT2D eigenvalue weighted by molar-refractivity contribution is 5.99. The van der Waals surface area contributed by atoms with Crippen LogP contribution in [0.2, 0.25) is 0 Å². The molecule has 1 amide bonds. The minimum Gasteiger partial charge on any atom is -0.396 e. The van der Waals surface area contributed by atoms with Crippen molar-refractivity contribution in [2.75, 3.05) is 18.9 Å². The summed E-state index contributed by atoms with van der Waals surface area (Å²) in [6.45, 7) is -0.0459. The van der Waals surface area contributed by atoms with Gasteiger partial charge in [-0.25, -0.2) is 4.39 Å². The second-order valence-corrected chi connectivity index (χ2v) is 2.68. The molecule has 0 aliphatic carbocycles. The highest BCUT2D eigenvalue weighted by atomic mass is 19.1. The van der Waals surface area contributed by atoms with Crippen LogP contribution in [0, 0.1) is 5.82 Å². The van der Waals surface area contributed by atoms with Gasteiger partial charge in [0.15, 0.2) is 0 Å². The van der Waals surface area contributed by atoms with E-state index in [2.05, 4.69) is 5.32 Å². The van der Waals surface area contributed by atoms with E-state index in [1.54, 1.807) is 0 Å². The molecular weight excluding hydrogens is 187 g/mol. The van der Waals surface area contributed by atoms with E-state index in [4.69, 9.17) is 10.8 Å². The molecule has 4 nitrogen and oxygen atoms in total. The number of amides is 1. The van der Waals surface area contributed by atoms with E-state index in [-0.39, 0.29) is 24.4 Å². The summed E-state index contributed by atoms with van der Waals surface area (Å²) in [5, 5.41) is 10.8. The number of halogens is 1. The zero-order valence-electron chi connectivity index (χ0n) is 7.46. The van der Waals surface area contributed by atoms with Crippen LogP contribution in [0.3, 0.4) is 0 Å². The highest BCUT2D eigenvalue weighted by Gasteiger charge is 2.11. The molecule has 0 aliphatic rings. The Labute approximate surface area is 80.5 Å². The molecule has 0 fully saturated rings. The first-order valence-electron chi connectivity index (χ1n) is 4.10. The predicted octanol–water partition coefficient (Wildman–Crippen LogP) is 0.130. The lowest BCUT2D eigenvalue weighted by Crippen LogP contribution is -2.27. The fourth-order valence-corrected chi connectivity index (χ4v) is 1.000. The Kier molecular flexibility index (Phi) is 3.41. The van der Waals surface area contributed by atoms with Gasteiger partial charge in [-0.15, -0.1) is 0 Å². The molecule has 0 unspecified atom stereocenters. The maximum atomic E-state index is 12.9. The van der Waals surface area contributed by atoms with E-state index in [1.807, 2.05) is 0 Å². The van der Waals surface area contributed by atoms with E-state index in [0.29, 0.717) is 0 Å². The summed E-state index contributed by atoms with van der Waals surface area (Å²) in [7, 11) is 0. The Hall–Kier alpha value is -1.62. The van der Waals surface area contributed by atoms with Crippen LogP contribution in [-0.2, 0) is 0 Å². The molecule has 0 heterocycles. The first-order valence-corrected chi connectivity index (χ1v) is 4.10. The SMILES string of the molecule is Nc1c(F)cccc1C(=O)NCCO. The van der Waals surface area contributed by atoms with Crippen LogP contribution >= 0.6 is 0 Å². The predicted molar refractivity (Wildman–Crippen MR) is 50.2 cm³/mol. The second-order valence-electron chi connectivity index (χ2n) is 2.68. The molecule has 4 N–H and O–H groups in total. The quantitative estimate of drug-likeness (QED) is 0.604. The summed E-state index contributed by atoms with van der Waals surface area (Å²) in [5.41, 5.74) is 5.26. The summed E-state index contributed by atoms with van der Waals surface area (Å²) in [4.78, 5) is 11.3. The van der Waals surface area contributed by atoms with Crippen molar-refractivity contribution in [3.8, 4) is 0 Å². The van der Waals surface area contributed by atoms with Gasteiger partial charge in [-0.2, -0.15) is 0 Å². The molecule has 0 aromatic heterocycles. The number of hydrogen-bond donors (Lipinski definition) is 3. The number of nitrogens with two attached hydrogens (primary N) is 1. The van der Waals surface area contributed by atoms with E-state index in [9.17, 15) is 9.18 Å². The fraction of sp³-hybridized carbons (Fsp3) is 0.222. The topological polar surface area (TPSA) is 75.4 Å². The molecule has 5 heteroatoms. The molecule has 0 spiro atoms. The number of carbonyl (C=O) groups excluding carboxylic acids is 1. The van der Waals surface area contributed by atoms with Gasteiger partial charge in [-0.05, 0) is 12.1 Å². The maximum absolute atomic E-state index is 12.9. The van der Waals surface area contributed by atoms with E-state index >= 15 is 0 Å². The lowest BCUT2D eigenvalue weighted by Gasteiger charge is -2.06. The minimum atomic E-state index is -0.623. The van der Waals surface area contributed by atoms with Crippen molar-refractivity contribution in [3.05, 3.63) is 29.6 Å². The fourth-order valence-electron chi connectivity index (χ4n) is 1.000. The van der Waals surface area contributed by atoms with Gasteiger partial charge in [0.25, 0.3) is 5.91 Å². The van der Waals surface area contributed by atoms with Crippen LogP contribution in [0.1, 0.15) is 10.4 Å². The third-order valence-electron chi connectivity index (χ3n) is 1.69. The molecule has 1 rings (SSSR count). The number of aliphatic hydroxyl groups is 1. The molecule has 0 radical (unpaired) electrons. The first kappa shape index (κ1) is 10.5. The first-order chi connectivity index (χ1) is 6.66. The third kappa shape index (κ3) is 2.20. The van der Waals surface area contributed by atoms with Crippen molar-refractivity contribution in [2.45, 2.75) is 0 Å². The number of nitrogen functional groups attached to an aromatic ring is 1. The van der Waals surface area contributed by atoms with Gasteiger partial charge in [-0.3, -0.25) is 4.79 Å². The number of rotatable bonds is 3. The molecule has 0 aliphatic heterocycles. The Balaban J connectivity index is 2.84. The zero-order valence-corrected chi connectivity index (χ0v) is 7.46. The Bertz CT molecular complexity index is 342. The average molecular weight is 198 g/mol. The number of para-hydroxylation sites is 1. The smallest absolute Gasteiger partial charge is 0.253 e. The third-order valence-corrected chi connectivity index (χ3v) is 1.69. The van der Waals surface area contributed by atoms with Crippen molar-refractivity contribution >= 4 is 11.6 Å². The molecule has 1 aromatic rings. The Morgan fingerprint density at radius 1 is 1.57 bits per heavy atom. The van der Waals surface area contributed by atoms with E-state index < -0.39 is 11.7 Å². The molecule has 14 heavy (non-hydrogen) atoms. The molecule has 0 bridgehead atoms. The molecule has 0 saturated carbocycles. The summed E-state index contributed by atoms with van der Waals surface area (Å²) in [5.74, 6) is -1.11. The molecule has 76 valence electrons. The normalized spacial score (nSPS) is 9.86. The monoisotopic (exact) mass is 198 g/mol. The number of benzene rings is 1. The van der Waals surface area contributed by atoms with Gasteiger partial charge >= 0.3 is 0 Å². The van der Waals surface area contributed by atoms with Gasteiger partial charge in [0.05, 0.1) is 17.9 Å². The molecule has 0 atom stereocenters. The second kappa shape index (κ2) is 4.57. The lowest BCUT2D eigenvalue weighted by molar-refractivity contribution is 0.0945. The van der Waals surface area contributed by atoms with E-state index in [0.717, 1.165) is 0 Å². The van der Waals surface area contributed by atoms with Crippen LogP contribution in [0.25, 0.3) is 0 Å². The van der Waals surface area contributed by atoms with Crippen LogP contribution < -0.4 is 11.1 Å². The summed E-state index contributed by atoms with van der Waals surface area (Å²) >= 11 is 0. The minimum absolute atomic E-state index is 0.0819. The van der Waals surface area contributed by atoms with Crippen molar-refractivity contribution in [2.24, 2.45) is 0 Å². The number of aliphatic hydroxyl groups excluding tert-OH is 1. The summed E-state index contributed by atoms with van der Waals surface area (Å²) in [6, 6.07) is 4.00. The van der Waals surface area contributed by atoms with Gasteiger partial charge in [0.1, 0.15) is 5.82 Å². The summed E-state index contributed by atoms with van der Waals surface area (Å²) < 4.78 is 12.9. The number of nitrogens with one attached hydrogen (secondary N) is 1. The Morgan fingerprint density at radius 3 is 2.93 bits per heavy atom. The number of carbonyl (C=O) groups is 1. The zero-order chi connectivity index (χ0) is 10.6. The van der Waals surface area contributed by atoms with Crippen molar-refractivity contribution in [3.63, 3.8) is 0 Å². The van der Waals surface area contributed by atoms with Gasteiger partial charge in [0.2, 0.25) is 0 Å². The van der Waals surface area contributed by atoms with Crippen LogP contribution in [0.4, 0.5) is 10.1 Å². The van der Waals surface area contributed by atoms with Crippen molar-refractivity contribution in [1.29, 1.82) is 0 Å². The maximum Gasteiger partial charge on any atom is 0.253 e. The van der Waals surface area contributed by atoms with Crippen molar-refractivity contribution in [1.82, 2.24) is 5.32 Å². The van der Waals surface area contributed by atoms with Crippen LogP contribution in [0.15, 0.2) is 18.2 Å². The largest absolute Gasteiger partial charge is 0.396 e. The van der Waals surface area contributed by atoms with Crippen LogP contribution in [0.5, 0.6) is 0 Å². The van der Waals surface area contributed by atoms with Gasteiger partial charge in [0, 0.05) is 6.54 Å². The summed E-state index contributed by atoms with van der Waals surface area (Å²) in [6.07, 6.45) is 0. The highest BCUT2D eigenvalue weighted by Crippen LogP contribution is 2.15. The molecule has 0 saturated heterocycles.